The summed E-state index contributed by atoms with van der Waals surface area (Å²) in [6, 6.07) is 5.86. The van der Waals surface area contributed by atoms with Crippen LogP contribution in [-0.2, 0) is 9.59 Å². The third-order valence-electron chi connectivity index (χ3n) is 3.96. The molecule has 0 aliphatic carbocycles. The molecule has 0 bridgehead atoms. The number of rotatable bonds is 4. The molecule has 1 heterocycles. The number of carboxylic acid groups (broad SMARTS) is 1. The van der Waals surface area contributed by atoms with Gasteiger partial charge in [0.25, 0.3) is 5.91 Å². The van der Waals surface area contributed by atoms with Crippen LogP contribution in [0.5, 0.6) is 0 Å². The number of hydrogen-bond acceptors (Lipinski definition) is 3. The van der Waals surface area contributed by atoms with E-state index in [4.69, 9.17) is 0 Å². The van der Waals surface area contributed by atoms with Gasteiger partial charge in [-0.25, -0.2) is 14.5 Å². The largest absolute Gasteiger partial charge is 0.480 e. The molecule has 1 saturated heterocycles. The Bertz CT molecular complexity index is 620. The Labute approximate surface area is 129 Å². The van der Waals surface area contributed by atoms with Crippen molar-refractivity contribution in [2.75, 3.05) is 0 Å². The highest BCUT2D eigenvalue weighted by Crippen LogP contribution is 2.29. The number of hydrogen-bond donors (Lipinski definition) is 2. The number of nitrogens with zero attached hydrogens (tertiary/aromatic N) is 1. The van der Waals surface area contributed by atoms with Crippen LogP contribution in [-0.4, -0.2) is 33.5 Å². The number of carboxylic acids is 1. The van der Waals surface area contributed by atoms with Gasteiger partial charge in [-0.1, -0.05) is 38.1 Å². The van der Waals surface area contributed by atoms with Gasteiger partial charge in [-0.05, 0) is 30.9 Å². The van der Waals surface area contributed by atoms with Crippen molar-refractivity contribution in [1.29, 1.82) is 0 Å². The van der Waals surface area contributed by atoms with Crippen molar-refractivity contribution in [3.8, 4) is 0 Å². The average molecular weight is 304 g/mol. The Morgan fingerprint density at radius 2 is 1.77 bits per heavy atom. The lowest BCUT2D eigenvalue weighted by atomic mass is 9.98. The standard InChI is InChI=1S/C16H20N2O4/c1-9(2)10-5-7-11(8-6-10)12-13(19)18(15(22)17-12)16(3,4)14(20)21/h5-9,12H,1-4H3,(H,17,22)(H,20,21). The average Bonchev–Trinajstić information content (AvgIpc) is 2.74. The fourth-order valence-electron chi connectivity index (χ4n) is 2.40. The zero-order valence-electron chi connectivity index (χ0n) is 13.1. The number of carbonyl (C=O) groups excluding carboxylic acids is 2. The molecule has 1 aromatic carbocycles. The summed E-state index contributed by atoms with van der Waals surface area (Å²) in [5.74, 6) is -1.41. The van der Waals surface area contributed by atoms with Crippen molar-refractivity contribution in [2.45, 2.75) is 45.2 Å². The molecule has 22 heavy (non-hydrogen) atoms. The molecule has 0 aromatic heterocycles. The molecule has 1 atom stereocenters. The van der Waals surface area contributed by atoms with E-state index in [-0.39, 0.29) is 0 Å². The van der Waals surface area contributed by atoms with Gasteiger partial charge in [0, 0.05) is 0 Å². The molecular formula is C16H20N2O4. The van der Waals surface area contributed by atoms with E-state index in [1.807, 2.05) is 12.1 Å². The van der Waals surface area contributed by atoms with Crippen molar-refractivity contribution in [2.24, 2.45) is 0 Å². The highest BCUT2D eigenvalue weighted by molar-refractivity contribution is 6.08. The maximum absolute atomic E-state index is 12.5. The number of amides is 3. The summed E-state index contributed by atoms with van der Waals surface area (Å²) in [7, 11) is 0. The van der Waals surface area contributed by atoms with Crippen LogP contribution in [0.15, 0.2) is 24.3 Å². The minimum atomic E-state index is -1.59. The van der Waals surface area contributed by atoms with Crippen LogP contribution in [0.4, 0.5) is 4.79 Å². The Kier molecular flexibility index (Phi) is 3.96. The van der Waals surface area contributed by atoms with E-state index in [0.29, 0.717) is 11.5 Å². The lowest BCUT2D eigenvalue weighted by molar-refractivity contribution is -0.152. The molecule has 0 saturated carbocycles. The summed E-state index contributed by atoms with van der Waals surface area (Å²) >= 11 is 0. The van der Waals surface area contributed by atoms with Gasteiger partial charge < -0.3 is 10.4 Å². The predicted molar refractivity (Wildman–Crippen MR) is 80.4 cm³/mol. The maximum Gasteiger partial charge on any atom is 0.329 e. The van der Waals surface area contributed by atoms with Gasteiger partial charge in [0.1, 0.15) is 11.6 Å². The molecule has 0 radical (unpaired) electrons. The number of carbonyl (C=O) groups is 3. The summed E-state index contributed by atoms with van der Waals surface area (Å²) in [6.07, 6.45) is 0. The van der Waals surface area contributed by atoms with Gasteiger partial charge in [-0.15, -0.1) is 0 Å². The van der Waals surface area contributed by atoms with Crippen LogP contribution in [0.3, 0.4) is 0 Å². The molecule has 118 valence electrons. The smallest absolute Gasteiger partial charge is 0.329 e. The summed E-state index contributed by atoms with van der Waals surface area (Å²) in [5, 5.41) is 11.8. The van der Waals surface area contributed by atoms with Crippen LogP contribution in [0, 0.1) is 0 Å². The Morgan fingerprint density at radius 3 is 2.23 bits per heavy atom. The topological polar surface area (TPSA) is 86.7 Å². The number of benzene rings is 1. The SMILES string of the molecule is CC(C)c1ccc(C2NC(=O)N(C(C)(C)C(=O)O)C2=O)cc1. The van der Waals surface area contributed by atoms with Crippen molar-refractivity contribution < 1.29 is 19.5 Å². The third-order valence-corrected chi connectivity index (χ3v) is 3.96. The lowest BCUT2D eigenvalue weighted by Gasteiger charge is -2.28. The number of urea groups is 1. The second-order valence-corrected chi connectivity index (χ2v) is 6.24. The summed E-state index contributed by atoms with van der Waals surface area (Å²) < 4.78 is 0. The van der Waals surface area contributed by atoms with Crippen LogP contribution in [0.25, 0.3) is 0 Å². The molecule has 1 aromatic rings. The van der Waals surface area contributed by atoms with Crippen LogP contribution in [0.1, 0.15) is 50.8 Å². The molecule has 3 amide bonds. The third kappa shape index (κ3) is 2.56. The second kappa shape index (κ2) is 5.44. The van der Waals surface area contributed by atoms with Crippen LogP contribution < -0.4 is 5.32 Å². The summed E-state index contributed by atoms with van der Waals surface area (Å²) in [4.78, 5) is 36.6. The molecule has 1 fully saturated rings. The first-order chi connectivity index (χ1) is 10.2. The zero-order valence-corrected chi connectivity index (χ0v) is 13.1. The minimum Gasteiger partial charge on any atom is -0.480 e. The first kappa shape index (κ1) is 16.0. The molecule has 2 N–H and O–H groups in total. The molecule has 1 aliphatic heterocycles. The first-order valence-electron chi connectivity index (χ1n) is 7.14. The van der Waals surface area contributed by atoms with E-state index in [0.717, 1.165) is 10.5 Å². The van der Waals surface area contributed by atoms with Crippen LogP contribution in [0.2, 0.25) is 0 Å². The van der Waals surface area contributed by atoms with E-state index >= 15 is 0 Å². The minimum absolute atomic E-state index is 0.366. The van der Waals surface area contributed by atoms with E-state index < -0.39 is 29.5 Å². The number of nitrogens with one attached hydrogen (secondary N) is 1. The molecule has 1 unspecified atom stereocenters. The van der Waals surface area contributed by atoms with Crippen molar-refractivity contribution in [1.82, 2.24) is 10.2 Å². The Balaban J connectivity index is 2.30. The highest BCUT2D eigenvalue weighted by Gasteiger charge is 2.50. The molecule has 6 heteroatoms. The predicted octanol–water partition coefficient (Wildman–Crippen LogP) is 2.27. The highest BCUT2D eigenvalue weighted by atomic mass is 16.4. The maximum atomic E-state index is 12.5. The number of aliphatic carboxylic acids is 1. The van der Waals surface area contributed by atoms with E-state index in [9.17, 15) is 19.5 Å². The molecule has 0 spiro atoms. The van der Waals surface area contributed by atoms with Crippen molar-refractivity contribution in [3.63, 3.8) is 0 Å². The molecule has 2 rings (SSSR count). The fourth-order valence-corrected chi connectivity index (χ4v) is 2.40. The van der Waals surface area contributed by atoms with Gasteiger partial charge in [0.15, 0.2) is 0 Å². The second-order valence-electron chi connectivity index (χ2n) is 6.24. The Morgan fingerprint density at radius 1 is 1.23 bits per heavy atom. The molecule has 6 nitrogen and oxygen atoms in total. The molecule has 1 aliphatic rings. The van der Waals surface area contributed by atoms with E-state index in [1.165, 1.54) is 13.8 Å². The quantitative estimate of drug-likeness (QED) is 0.835. The van der Waals surface area contributed by atoms with Crippen molar-refractivity contribution in [3.05, 3.63) is 35.4 Å². The van der Waals surface area contributed by atoms with E-state index in [1.54, 1.807) is 12.1 Å². The Hall–Kier alpha value is -2.37. The number of imide groups is 1. The van der Waals surface area contributed by atoms with Crippen LogP contribution >= 0.6 is 0 Å². The zero-order chi connectivity index (χ0) is 16.7. The van der Waals surface area contributed by atoms with E-state index in [2.05, 4.69) is 19.2 Å². The fraction of sp³-hybridized carbons (Fsp3) is 0.438. The first-order valence-corrected chi connectivity index (χ1v) is 7.14. The van der Waals surface area contributed by atoms with Gasteiger partial charge in [-0.3, -0.25) is 4.79 Å². The summed E-state index contributed by atoms with van der Waals surface area (Å²) in [5.41, 5.74) is 0.183. The summed E-state index contributed by atoms with van der Waals surface area (Å²) in [6.45, 7) is 6.79. The van der Waals surface area contributed by atoms with Gasteiger partial charge in [0.05, 0.1) is 0 Å². The van der Waals surface area contributed by atoms with Crippen molar-refractivity contribution >= 4 is 17.9 Å². The normalized spacial score (nSPS) is 18.8. The molecular weight excluding hydrogens is 284 g/mol. The van der Waals surface area contributed by atoms with Gasteiger partial charge >= 0.3 is 12.0 Å². The van der Waals surface area contributed by atoms with Gasteiger partial charge in [-0.2, -0.15) is 0 Å². The lowest BCUT2D eigenvalue weighted by Crippen LogP contribution is -2.53. The monoisotopic (exact) mass is 304 g/mol. The van der Waals surface area contributed by atoms with Gasteiger partial charge in [0.2, 0.25) is 0 Å².